The molecule has 1 aromatic carbocycles. The molecule has 1 atom stereocenters. The average Bonchev–Trinajstić information content (AvgIpc) is 2.77. The molecule has 0 unspecified atom stereocenters. The van der Waals surface area contributed by atoms with E-state index in [9.17, 15) is 22.4 Å². The summed E-state index contributed by atoms with van der Waals surface area (Å²) in [7, 11) is 0. The van der Waals surface area contributed by atoms with Crippen molar-refractivity contribution in [3.8, 4) is 6.07 Å². The van der Waals surface area contributed by atoms with Crippen molar-refractivity contribution in [1.29, 1.82) is 5.26 Å². The number of benzene rings is 1. The van der Waals surface area contributed by atoms with Crippen LogP contribution >= 0.6 is 0 Å². The molecule has 3 rings (SSSR count). The van der Waals surface area contributed by atoms with E-state index in [0.717, 1.165) is 12.1 Å². The van der Waals surface area contributed by atoms with Crippen LogP contribution in [0.15, 0.2) is 60.9 Å². The second kappa shape index (κ2) is 8.69. The van der Waals surface area contributed by atoms with E-state index in [1.807, 2.05) is 6.07 Å². The summed E-state index contributed by atoms with van der Waals surface area (Å²) in [4.78, 5) is 20.4. The van der Waals surface area contributed by atoms with Gasteiger partial charge in [0.15, 0.2) is 0 Å². The van der Waals surface area contributed by atoms with E-state index in [1.165, 1.54) is 48.8 Å². The zero-order valence-electron chi connectivity index (χ0n) is 15.3. The van der Waals surface area contributed by atoms with Gasteiger partial charge in [-0.3, -0.25) is 9.78 Å². The highest BCUT2D eigenvalue weighted by Crippen LogP contribution is 2.35. The Kier molecular flexibility index (Phi) is 6.06. The molecule has 9 heteroatoms. The van der Waals surface area contributed by atoms with Crippen molar-refractivity contribution in [3.05, 3.63) is 94.6 Å². The van der Waals surface area contributed by atoms with Crippen molar-refractivity contribution in [3.63, 3.8) is 0 Å². The highest BCUT2D eigenvalue weighted by atomic mass is 19.4. The molecule has 0 radical (unpaired) electrons. The Labute approximate surface area is 169 Å². The van der Waals surface area contributed by atoms with Crippen LogP contribution < -0.4 is 5.32 Å². The van der Waals surface area contributed by atoms with Crippen LogP contribution in [0.5, 0.6) is 0 Å². The first-order chi connectivity index (χ1) is 14.3. The summed E-state index contributed by atoms with van der Waals surface area (Å²) in [5.41, 5.74) is -0.622. The second-order valence-corrected chi connectivity index (χ2v) is 6.26. The average molecular weight is 414 g/mol. The van der Waals surface area contributed by atoms with Gasteiger partial charge in [-0.25, -0.2) is 9.37 Å². The molecule has 2 aromatic heterocycles. The van der Waals surface area contributed by atoms with Crippen LogP contribution in [0.3, 0.4) is 0 Å². The predicted molar refractivity (Wildman–Crippen MR) is 98.8 cm³/mol. The molecular weight excluding hydrogens is 400 g/mol. The number of nitrogens with one attached hydrogen (secondary N) is 1. The van der Waals surface area contributed by atoms with Gasteiger partial charge in [-0.05, 0) is 35.4 Å². The number of hydrogen-bond acceptors (Lipinski definition) is 4. The lowest BCUT2D eigenvalue weighted by Gasteiger charge is -2.22. The maximum atomic E-state index is 13.5. The summed E-state index contributed by atoms with van der Waals surface area (Å²) >= 11 is 0. The number of nitrogens with zero attached hydrogens (tertiary/aromatic N) is 3. The van der Waals surface area contributed by atoms with Crippen molar-refractivity contribution in [2.24, 2.45) is 0 Å². The molecule has 0 fully saturated rings. The number of aromatic nitrogens is 2. The number of carbonyl (C=O) groups excluding carboxylic acids is 1. The molecule has 5 nitrogen and oxygen atoms in total. The monoisotopic (exact) mass is 414 g/mol. The summed E-state index contributed by atoms with van der Waals surface area (Å²) in [5, 5.41) is 11.3. The van der Waals surface area contributed by atoms with Crippen LogP contribution in [0.1, 0.15) is 44.5 Å². The number of alkyl halides is 4. The maximum Gasteiger partial charge on any atom is 0.418 e. The minimum absolute atomic E-state index is 0.0798. The first kappa shape index (κ1) is 20.9. The number of halogens is 4. The SMILES string of the molecule is N#Cc1ccc(C(=O)N[C@@H](c2ccc(CF)cc2)c2ncccc2C(F)(F)F)nc1. The Morgan fingerprint density at radius 3 is 2.40 bits per heavy atom. The van der Waals surface area contributed by atoms with E-state index >= 15 is 0 Å². The maximum absolute atomic E-state index is 13.5. The minimum Gasteiger partial charge on any atom is -0.338 e. The van der Waals surface area contributed by atoms with Crippen molar-refractivity contribution < 1.29 is 22.4 Å². The molecule has 0 saturated heterocycles. The molecule has 0 spiro atoms. The van der Waals surface area contributed by atoms with Crippen molar-refractivity contribution in [2.45, 2.75) is 18.9 Å². The lowest BCUT2D eigenvalue weighted by Crippen LogP contribution is -2.32. The zero-order chi connectivity index (χ0) is 21.7. The van der Waals surface area contributed by atoms with Gasteiger partial charge in [0.05, 0.1) is 22.9 Å². The molecule has 3 aromatic rings. The van der Waals surface area contributed by atoms with Gasteiger partial charge in [0.25, 0.3) is 5.91 Å². The molecule has 1 amide bonds. The van der Waals surface area contributed by atoms with Gasteiger partial charge in [-0.15, -0.1) is 0 Å². The molecule has 0 saturated carbocycles. The molecule has 0 aliphatic heterocycles. The number of carbonyl (C=O) groups is 1. The third-order valence-electron chi connectivity index (χ3n) is 4.29. The molecule has 0 aliphatic rings. The van der Waals surface area contributed by atoms with Crippen molar-refractivity contribution in [1.82, 2.24) is 15.3 Å². The van der Waals surface area contributed by atoms with Gasteiger partial charge >= 0.3 is 6.18 Å². The number of pyridine rings is 2. The van der Waals surface area contributed by atoms with Crippen LogP contribution in [-0.4, -0.2) is 15.9 Å². The zero-order valence-corrected chi connectivity index (χ0v) is 15.3. The number of nitriles is 1. The van der Waals surface area contributed by atoms with Gasteiger partial charge < -0.3 is 5.32 Å². The standard InChI is InChI=1S/C21H14F4N4O/c22-10-13-3-6-15(7-4-13)18(19-16(21(23,24)25)2-1-9-27-19)29-20(30)17-8-5-14(11-26)12-28-17/h1-9,12,18H,10H2,(H,29,30)/t18-/m0/s1. The van der Waals surface area contributed by atoms with Crippen LogP contribution in [-0.2, 0) is 12.9 Å². The quantitative estimate of drug-likeness (QED) is 0.630. The Morgan fingerprint density at radius 1 is 1.10 bits per heavy atom. The summed E-state index contributed by atoms with van der Waals surface area (Å²) in [5.74, 6) is -0.752. The van der Waals surface area contributed by atoms with Gasteiger partial charge in [0.1, 0.15) is 18.4 Å². The second-order valence-electron chi connectivity index (χ2n) is 6.26. The topological polar surface area (TPSA) is 78.7 Å². The van der Waals surface area contributed by atoms with Crippen LogP contribution in [0.25, 0.3) is 0 Å². The summed E-state index contributed by atoms with van der Waals surface area (Å²) in [6.45, 7) is -0.732. The first-order valence-corrected chi connectivity index (χ1v) is 8.67. The largest absolute Gasteiger partial charge is 0.418 e. The molecule has 2 heterocycles. The van der Waals surface area contributed by atoms with E-state index in [-0.39, 0.29) is 11.3 Å². The van der Waals surface area contributed by atoms with Crippen LogP contribution in [0.2, 0.25) is 0 Å². The van der Waals surface area contributed by atoms with Crippen molar-refractivity contribution >= 4 is 5.91 Å². The molecule has 0 aliphatic carbocycles. The summed E-state index contributed by atoms with van der Waals surface area (Å²) < 4.78 is 53.5. The minimum atomic E-state index is -4.70. The molecule has 152 valence electrons. The highest BCUT2D eigenvalue weighted by molar-refractivity contribution is 5.92. The molecule has 30 heavy (non-hydrogen) atoms. The fourth-order valence-corrected chi connectivity index (χ4v) is 2.80. The van der Waals surface area contributed by atoms with E-state index in [1.54, 1.807) is 0 Å². The van der Waals surface area contributed by atoms with Crippen LogP contribution in [0.4, 0.5) is 17.6 Å². The Balaban J connectivity index is 2.04. The van der Waals surface area contributed by atoms with E-state index in [0.29, 0.717) is 11.1 Å². The van der Waals surface area contributed by atoms with E-state index in [4.69, 9.17) is 5.26 Å². The Hall–Kier alpha value is -3.80. The van der Waals surface area contributed by atoms with E-state index in [2.05, 4.69) is 15.3 Å². The normalized spacial score (nSPS) is 12.1. The highest BCUT2D eigenvalue weighted by Gasteiger charge is 2.37. The van der Waals surface area contributed by atoms with Crippen LogP contribution in [0, 0.1) is 11.3 Å². The summed E-state index contributed by atoms with van der Waals surface area (Å²) in [6, 6.07) is 11.0. The van der Waals surface area contributed by atoms with Gasteiger partial charge in [0.2, 0.25) is 0 Å². The lowest BCUT2D eigenvalue weighted by atomic mass is 9.97. The molecular formula is C21H14F4N4O. The predicted octanol–water partition coefficient (Wildman–Crippen LogP) is 4.36. The Bertz CT molecular complexity index is 1070. The van der Waals surface area contributed by atoms with Crippen molar-refractivity contribution in [2.75, 3.05) is 0 Å². The third kappa shape index (κ3) is 4.60. The molecule has 1 N–H and O–H groups in total. The van der Waals surface area contributed by atoms with Gasteiger partial charge in [-0.2, -0.15) is 18.4 Å². The van der Waals surface area contributed by atoms with Gasteiger partial charge in [-0.1, -0.05) is 24.3 Å². The Morgan fingerprint density at radius 2 is 1.83 bits per heavy atom. The summed E-state index contributed by atoms with van der Waals surface area (Å²) in [6.07, 6.45) is -2.32. The fraction of sp³-hybridized carbons (Fsp3) is 0.143. The smallest absolute Gasteiger partial charge is 0.338 e. The van der Waals surface area contributed by atoms with Gasteiger partial charge in [0, 0.05) is 12.4 Å². The number of hydrogen-bond donors (Lipinski definition) is 1. The third-order valence-corrected chi connectivity index (χ3v) is 4.29. The lowest BCUT2D eigenvalue weighted by molar-refractivity contribution is -0.138. The number of amides is 1. The van der Waals surface area contributed by atoms with E-state index < -0.39 is 36.1 Å². The number of rotatable bonds is 5. The fourth-order valence-electron chi connectivity index (χ4n) is 2.80. The first-order valence-electron chi connectivity index (χ1n) is 8.67. The molecule has 0 bridgehead atoms.